The van der Waals surface area contributed by atoms with Crippen molar-refractivity contribution < 1.29 is 4.39 Å². The highest BCUT2D eigenvalue weighted by atomic mass is 19.1. The third-order valence-corrected chi connectivity index (χ3v) is 2.06. The smallest absolute Gasteiger partial charge is 0.138 e. The van der Waals surface area contributed by atoms with Crippen molar-refractivity contribution in [1.82, 2.24) is 9.97 Å². The second-order valence-electron chi connectivity index (χ2n) is 3.22. The van der Waals surface area contributed by atoms with Crippen LogP contribution in [0.25, 0.3) is 11.4 Å². The number of hydrogen-bond acceptors (Lipinski definition) is 2. The van der Waals surface area contributed by atoms with Crippen LogP contribution in [0.2, 0.25) is 0 Å². The topological polar surface area (TPSA) is 52.5 Å². The Morgan fingerprint density at radius 1 is 1.47 bits per heavy atom. The molecule has 0 aliphatic rings. The molecule has 0 atom stereocenters. The number of hydrogen-bond donors (Lipinski definition) is 1. The first kappa shape index (κ1) is 9.41. The van der Waals surface area contributed by atoms with Crippen LogP contribution in [0, 0.1) is 24.1 Å². The predicted octanol–water partition coefficient (Wildman–Crippen LogP) is 2.40. The predicted molar refractivity (Wildman–Crippen MR) is 53.4 cm³/mol. The minimum Gasteiger partial charge on any atom is -0.342 e. The minimum absolute atomic E-state index is 0.282. The van der Waals surface area contributed by atoms with Crippen LogP contribution >= 0.6 is 0 Å². The number of nitrogens with zero attached hydrogens (tertiary/aromatic N) is 2. The van der Waals surface area contributed by atoms with Gasteiger partial charge >= 0.3 is 0 Å². The molecule has 0 aliphatic carbocycles. The van der Waals surface area contributed by atoms with E-state index in [9.17, 15) is 4.39 Å². The van der Waals surface area contributed by atoms with E-state index in [1.165, 1.54) is 12.1 Å². The standard InChI is InChI=1S/C11H8FN3/c1-7-6-14-11(15-7)10-3-2-9(12)4-8(10)5-13/h2-4,6H,1H3,(H,14,15). The Balaban J connectivity index is 2.58. The second kappa shape index (κ2) is 3.54. The molecule has 4 heteroatoms. The first-order chi connectivity index (χ1) is 7.20. The normalized spacial score (nSPS) is 9.93. The summed E-state index contributed by atoms with van der Waals surface area (Å²) in [6, 6.07) is 6.01. The summed E-state index contributed by atoms with van der Waals surface area (Å²) < 4.78 is 12.9. The van der Waals surface area contributed by atoms with Crippen LogP contribution in [0.15, 0.2) is 24.4 Å². The lowest BCUT2D eigenvalue weighted by Crippen LogP contribution is -1.88. The van der Waals surface area contributed by atoms with E-state index in [-0.39, 0.29) is 5.56 Å². The van der Waals surface area contributed by atoms with Crippen LogP contribution in [0.4, 0.5) is 4.39 Å². The summed E-state index contributed by atoms with van der Waals surface area (Å²) >= 11 is 0. The maximum absolute atomic E-state index is 12.9. The summed E-state index contributed by atoms with van der Waals surface area (Å²) in [4.78, 5) is 7.10. The van der Waals surface area contributed by atoms with E-state index in [0.29, 0.717) is 11.4 Å². The third kappa shape index (κ3) is 1.72. The van der Waals surface area contributed by atoms with Gasteiger partial charge in [-0.05, 0) is 25.1 Å². The summed E-state index contributed by atoms with van der Waals surface area (Å²) in [5.74, 6) is 0.169. The first-order valence-electron chi connectivity index (χ1n) is 4.42. The van der Waals surface area contributed by atoms with Crippen molar-refractivity contribution in [3.05, 3.63) is 41.5 Å². The third-order valence-electron chi connectivity index (χ3n) is 2.06. The number of aromatic nitrogens is 2. The highest BCUT2D eigenvalue weighted by molar-refractivity contribution is 5.64. The molecule has 1 aromatic carbocycles. The summed E-state index contributed by atoms with van der Waals surface area (Å²) in [6.45, 7) is 1.87. The van der Waals surface area contributed by atoms with Crippen molar-refractivity contribution in [2.75, 3.05) is 0 Å². The number of aryl methyl sites for hydroxylation is 1. The molecule has 3 nitrogen and oxygen atoms in total. The molecule has 2 aromatic rings. The van der Waals surface area contributed by atoms with Crippen molar-refractivity contribution in [3.8, 4) is 17.5 Å². The molecule has 15 heavy (non-hydrogen) atoms. The highest BCUT2D eigenvalue weighted by Crippen LogP contribution is 2.20. The summed E-state index contributed by atoms with van der Waals surface area (Å²) in [6.07, 6.45) is 1.67. The number of rotatable bonds is 1. The molecule has 0 radical (unpaired) electrons. The summed E-state index contributed by atoms with van der Waals surface area (Å²) in [5.41, 5.74) is 1.80. The van der Waals surface area contributed by atoms with Crippen LogP contribution in [-0.4, -0.2) is 9.97 Å². The van der Waals surface area contributed by atoms with Gasteiger partial charge in [-0.25, -0.2) is 9.37 Å². The van der Waals surface area contributed by atoms with Gasteiger partial charge in [0.1, 0.15) is 11.6 Å². The average Bonchev–Trinajstić information content (AvgIpc) is 2.64. The molecule has 0 amide bonds. The van der Waals surface area contributed by atoms with Crippen molar-refractivity contribution in [1.29, 1.82) is 5.26 Å². The summed E-state index contributed by atoms with van der Waals surface area (Å²) in [7, 11) is 0. The number of benzene rings is 1. The molecular weight excluding hydrogens is 193 g/mol. The fraction of sp³-hybridized carbons (Fsp3) is 0.0909. The Hall–Kier alpha value is -2.15. The Morgan fingerprint density at radius 2 is 2.27 bits per heavy atom. The molecule has 0 saturated carbocycles. The molecule has 0 saturated heterocycles. The van der Waals surface area contributed by atoms with Gasteiger partial charge in [0.2, 0.25) is 0 Å². The summed E-state index contributed by atoms with van der Waals surface area (Å²) in [5, 5.41) is 8.85. The van der Waals surface area contributed by atoms with Gasteiger partial charge in [-0.2, -0.15) is 5.26 Å². The van der Waals surface area contributed by atoms with Gasteiger partial charge < -0.3 is 4.98 Å². The van der Waals surface area contributed by atoms with Gasteiger partial charge in [0.25, 0.3) is 0 Å². The van der Waals surface area contributed by atoms with Gasteiger partial charge in [0.05, 0.1) is 11.6 Å². The molecule has 1 heterocycles. The van der Waals surface area contributed by atoms with E-state index in [1.807, 2.05) is 13.0 Å². The molecule has 0 fully saturated rings. The number of aromatic amines is 1. The number of halogens is 1. The molecule has 0 spiro atoms. The fourth-order valence-corrected chi connectivity index (χ4v) is 1.37. The lowest BCUT2D eigenvalue weighted by molar-refractivity contribution is 0.627. The number of nitriles is 1. The quantitative estimate of drug-likeness (QED) is 0.770. The van der Waals surface area contributed by atoms with Crippen molar-refractivity contribution >= 4 is 0 Å². The Bertz CT molecular complexity index is 537. The van der Waals surface area contributed by atoms with E-state index in [2.05, 4.69) is 9.97 Å². The first-order valence-corrected chi connectivity index (χ1v) is 4.42. The molecule has 1 N–H and O–H groups in total. The number of nitrogens with one attached hydrogen (secondary N) is 1. The lowest BCUT2D eigenvalue weighted by atomic mass is 10.1. The molecular formula is C11H8FN3. The zero-order chi connectivity index (χ0) is 10.8. The van der Waals surface area contributed by atoms with E-state index in [4.69, 9.17) is 5.26 Å². The zero-order valence-electron chi connectivity index (χ0n) is 8.08. The lowest BCUT2D eigenvalue weighted by Gasteiger charge is -1.99. The van der Waals surface area contributed by atoms with Gasteiger partial charge in [0.15, 0.2) is 0 Å². The molecule has 1 aromatic heterocycles. The van der Waals surface area contributed by atoms with Crippen molar-refractivity contribution in [2.45, 2.75) is 6.92 Å². The van der Waals surface area contributed by atoms with Crippen LogP contribution in [0.5, 0.6) is 0 Å². The van der Waals surface area contributed by atoms with Gasteiger partial charge in [0, 0.05) is 17.5 Å². The molecule has 0 unspecified atom stereocenters. The number of H-pyrrole nitrogens is 1. The maximum atomic E-state index is 12.9. The monoisotopic (exact) mass is 201 g/mol. The molecule has 0 aliphatic heterocycles. The van der Waals surface area contributed by atoms with E-state index < -0.39 is 5.82 Å². The fourth-order valence-electron chi connectivity index (χ4n) is 1.37. The average molecular weight is 201 g/mol. The maximum Gasteiger partial charge on any atom is 0.138 e. The van der Waals surface area contributed by atoms with Crippen molar-refractivity contribution in [3.63, 3.8) is 0 Å². The minimum atomic E-state index is -0.418. The zero-order valence-corrected chi connectivity index (χ0v) is 8.08. The van der Waals surface area contributed by atoms with Crippen LogP contribution in [-0.2, 0) is 0 Å². The van der Waals surface area contributed by atoms with E-state index in [1.54, 1.807) is 12.3 Å². The SMILES string of the molecule is Cc1cnc(-c2ccc(F)cc2C#N)[nH]1. The van der Waals surface area contributed by atoms with Crippen molar-refractivity contribution in [2.24, 2.45) is 0 Å². The Morgan fingerprint density at radius 3 is 2.87 bits per heavy atom. The van der Waals surface area contributed by atoms with Gasteiger partial charge in [-0.3, -0.25) is 0 Å². The van der Waals surface area contributed by atoms with Gasteiger partial charge in [-0.1, -0.05) is 0 Å². The largest absolute Gasteiger partial charge is 0.342 e. The van der Waals surface area contributed by atoms with Gasteiger partial charge in [-0.15, -0.1) is 0 Å². The molecule has 2 rings (SSSR count). The Kier molecular flexibility index (Phi) is 2.22. The molecule has 0 bridgehead atoms. The van der Waals surface area contributed by atoms with Crippen LogP contribution in [0.3, 0.4) is 0 Å². The van der Waals surface area contributed by atoms with E-state index in [0.717, 1.165) is 5.69 Å². The highest BCUT2D eigenvalue weighted by Gasteiger charge is 2.08. The second-order valence-corrected chi connectivity index (χ2v) is 3.22. The Labute approximate surface area is 86.2 Å². The number of imidazole rings is 1. The van der Waals surface area contributed by atoms with E-state index >= 15 is 0 Å². The van der Waals surface area contributed by atoms with Crippen LogP contribution in [0.1, 0.15) is 11.3 Å². The molecule has 74 valence electrons. The van der Waals surface area contributed by atoms with Crippen LogP contribution < -0.4 is 0 Å².